The molecule has 0 saturated carbocycles. The van der Waals surface area contributed by atoms with Crippen molar-refractivity contribution in [3.8, 4) is 0 Å². The van der Waals surface area contributed by atoms with Crippen LogP contribution in [-0.2, 0) is 14.6 Å². The Bertz CT molecular complexity index is 596. The fourth-order valence-electron chi connectivity index (χ4n) is 1.95. The zero-order chi connectivity index (χ0) is 14.2. The number of carbonyl (C=O) groups is 1. The van der Waals surface area contributed by atoms with E-state index < -0.39 is 15.9 Å². The SMILES string of the molecule is CCS(=O)(=O)c1c(N)nsc1NC1CCN(C)C1=O. The molecule has 0 aliphatic carbocycles. The Morgan fingerprint density at radius 1 is 1.58 bits per heavy atom. The highest BCUT2D eigenvalue weighted by atomic mass is 32.2. The van der Waals surface area contributed by atoms with Gasteiger partial charge in [0.2, 0.25) is 5.91 Å². The Balaban J connectivity index is 2.30. The number of anilines is 2. The summed E-state index contributed by atoms with van der Waals surface area (Å²) in [6, 6.07) is -0.407. The first kappa shape index (κ1) is 14.1. The van der Waals surface area contributed by atoms with Gasteiger partial charge >= 0.3 is 0 Å². The van der Waals surface area contributed by atoms with Crippen LogP contribution >= 0.6 is 11.5 Å². The maximum Gasteiger partial charge on any atom is 0.244 e. The molecule has 1 atom stereocenters. The quantitative estimate of drug-likeness (QED) is 0.821. The van der Waals surface area contributed by atoms with Crippen molar-refractivity contribution in [2.45, 2.75) is 24.3 Å². The fourth-order valence-corrected chi connectivity index (χ4v) is 4.15. The van der Waals surface area contributed by atoms with Crippen molar-refractivity contribution >= 4 is 38.1 Å². The lowest BCUT2D eigenvalue weighted by atomic mass is 10.2. The highest BCUT2D eigenvalue weighted by Gasteiger charge is 2.32. The number of hydrogen-bond donors (Lipinski definition) is 2. The molecular formula is C10H16N4O3S2. The topological polar surface area (TPSA) is 105 Å². The molecule has 0 radical (unpaired) electrons. The summed E-state index contributed by atoms with van der Waals surface area (Å²) >= 11 is 0.973. The van der Waals surface area contributed by atoms with Crippen LogP contribution in [0.4, 0.5) is 10.8 Å². The molecule has 19 heavy (non-hydrogen) atoms. The summed E-state index contributed by atoms with van der Waals surface area (Å²) < 4.78 is 27.8. The maximum absolute atomic E-state index is 12.0. The number of nitrogens with one attached hydrogen (secondary N) is 1. The number of hydrogen-bond acceptors (Lipinski definition) is 7. The van der Waals surface area contributed by atoms with Gasteiger partial charge in [0.25, 0.3) is 0 Å². The van der Waals surface area contributed by atoms with Gasteiger partial charge in [0.1, 0.15) is 15.9 Å². The molecule has 1 fully saturated rings. The fraction of sp³-hybridized carbons (Fsp3) is 0.600. The summed E-state index contributed by atoms with van der Waals surface area (Å²) in [5.74, 6) is -0.108. The van der Waals surface area contributed by atoms with Gasteiger partial charge in [-0.3, -0.25) is 4.79 Å². The van der Waals surface area contributed by atoms with E-state index in [9.17, 15) is 13.2 Å². The van der Waals surface area contributed by atoms with Crippen molar-refractivity contribution < 1.29 is 13.2 Å². The van der Waals surface area contributed by atoms with Crippen molar-refractivity contribution in [1.82, 2.24) is 9.27 Å². The van der Waals surface area contributed by atoms with Crippen LogP contribution in [0.15, 0.2) is 4.90 Å². The number of likely N-dealkylation sites (N-methyl/N-ethyl adjacent to an activating group) is 1. The first-order chi connectivity index (χ1) is 8.86. The molecule has 0 bridgehead atoms. The summed E-state index contributed by atoms with van der Waals surface area (Å²) in [6.07, 6.45) is 0.638. The van der Waals surface area contributed by atoms with Crippen molar-refractivity contribution in [2.75, 3.05) is 30.4 Å². The maximum atomic E-state index is 12.0. The van der Waals surface area contributed by atoms with Crippen LogP contribution in [0.2, 0.25) is 0 Å². The van der Waals surface area contributed by atoms with Crippen LogP contribution in [0.5, 0.6) is 0 Å². The summed E-state index contributed by atoms with van der Waals surface area (Å²) in [5, 5.41) is 3.31. The van der Waals surface area contributed by atoms with Gasteiger partial charge in [-0.15, -0.1) is 0 Å². The monoisotopic (exact) mass is 304 g/mol. The third-order valence-electron chi connectivity index (χ3n) is 3.10. The largest absolute Gasteiger partial charge is 0.382 e. The van der Waals surface area contributed by atoms with Gasteiger partial charge in [0.15, 0.2) is 15.7 Å². The van der Waals surface area contributed by atoms with Crippen LogP contribution < -0.4 is 11.1 Å². The molecule has 106 valence electrons. The number of aromatic nitrogens is 1. The number of rotatable bonds is 4. The van der Waals surface area contributed by atoms with Crippen LogP contribution in [0.25, 0.3) is 0 Å². The smallest absolute Gasteiger partial charge is 0.244 e. The lowest BCUT2D eigenvalue weighted by Crippen LogP contribution is -2.31. The molecule has 3 N–H and O–H groups in total. The van der Waals surface area contributed by atoms with Crippen molar-refractivity contribution in [3.05, 3.63) is 0 Å². The van der Waals surface area contributed by atoms with E-state index in [1.165, 1.54) is 0 Å². The molecule has 1 aromatic heterocycles. The van der Waals surface area contributed by atoms with Crippen molar-refractivity contribution in [2.24, 2.45) is 0 Å². The number of carbonyl (C=O) groups excluding carboxylic acids is 1. The lowest BCUT2D eigenvalue weighted by molar-refractivity contribution is -0.127. The second kappa shape index (κ2) is 4.97. The minimum Gasteiger partial charge on any atom is -0.382 e. The first-order valence-electron chi connectivity index (χ1n) is 5.86. The average molecular weight is 304 g/mol. The van der Waals surface area contributed by atoms with Crippen LogP contribution in [0.3, 0.4) is 0 Å². The number of likely N-dealkylation sites (tertiary alicyclic amines) is 1. The van der Waals surface area contributed by atoms with Gasteiger partial charge in [-0.05, 0) is 18.0 Å². The van der Waals surface area contributed by atoms with E-state index in [4.69, 9.17) is 5.73 Å². The molecule has 1 unspecified atom stereocenters. The van der Waals surface area contributed by atoms with Crippen LogP contribution in [0, 0.1) is 0 Å². The summed E-state index contributed by atoms with van der Waals surface area (Å²) in [5.41, 5.74) is 5.62. The minimum atomic E-state index is -3.45. The lowest BCUT2D eigenvalue weighted by Gasteiger charge is -2.13. The Labute approximate surface area is 115 Å². The number of nitrogens with two attached hydrogens (primary N) is 1. The summed E-state index contributed by atoms with van der Waals surface area (Å²) in [6.45, 7) is 2.20. The zero-order valence-electron chi connectivity index (χ0n) is 10.7. The molecule has 2 rings (SSSR count). The average Bonchev–Trinajstić information content (AvgIpc) is 2.88. The van der Waals surface area contributed by atoms with Gasteiger partial charge < -0.3 is 16.0 Å². The van der Waals surface area contributed by atoms with Gasteiger partial charge in [-0.25, -0.2) is 8.42 Å². The van der Waals surface area contributed by atoms with Crippen LogP contribution in [0.1, 0.15) is 13.3 Å². The molecular weight excluding hydrogens is 288 g/mol. The molecule has 1 amide bonds. The van der Waals surface area contributed by atoms with Gasteiger partial charge in [-0.1, -0.05) is 6.92 Å². The summed E-state index contributed by atoms with van der Waals surface area (Å²) in [4.78, 5) is 13.4. The molecule has 0 aromatic carbocycles. The van der Waals surface area contributed by atoms with Gasteiger partial charge in [-0.2, -0.15) is 4.37 Å². The Kier molecular flexibility index (Phi) is 3.68. The molecule has 9 heteroatoms. The molecule has 1 saturated heterocycles. The van der Waals surface area contributed by atoms with E-state index in [2.05, 4.69) is 9.69 Å². The van der Waals surface area contributed by atoms with Gasteiger partial charge in [0, 0.05) is 13.6 Å². The molecule has 1 aliphatic heterocycles. The molecule has 7 nitrogen and oxygen atoms in total. The third kappa shape index (κ3) is 2.52. The van der Waals surface area contributed by atoms with Gasteiger partial charge in [0.05, 0.1) is 5.75 Å². The summed E-state index contributed by atoms with van der Waals surface area (Å²) in [7, 11) is -1.74. The second-order valence-corrected chi connectivity index (χ2v) is 7.36. The molecule has 0 spiro atoms. The standard InChI is InChI=1S/C10H16N4O3S2/c1-3-19(16,17)7-8(11)13-18-9(7)12-6-4-5-14(2)10(6)15/h6,12H,3-5H2,1-2H3,(H2,11,13). The number of nitrogen functional groups attached to an aromatic ring is 1. The highest BCUT2D eigenvalue weighted by Crippen LogP contribution is 2.33. The number of amides is 1. The van der Waals surface area contributed by atoms with E-state index in [1.54, 1.807) is 18.9 Å². The van der Waals surface area contributed by atoms with E-state index in [0.29, 0.717) is 18.0 Å². The Hall–Kier alpha value is -1.35. The van der Waals surface area contributed by atoms with E-state index >= 15 is 0 Å². The first-order valence-corrected chi connectivity index (χ1v) is 8.28. The Morgan fingerprint density at radius 2 is 2.26 bits per heavy atom. The van der Waals surface area contributed by atoms with Crippen molar-refractivity contribution in [1.29, 1.82) is 0 Å². The van der Waals surface area contributed by atoms with E-state index in [0.717, 1.165) is 11.5 Å². The highest BCUT2D eigenvalue weighted by molar-refractivity contribution is 7.91. The second-order valence-electron chi connectivity index (χ2n) is 4.37. The Morgan fingerprint density at radius 3 is 2.79 bits per heavy atom. The predicted molar refractivity (Wildman–Crippen MR) is 73.9 cm³/mol. The molecule has 1 aliphatic rings. The van der Waals surface area contributed by atoms with E-state index in [-0.39, 0.29) is 22.4 Å². The zero-order valence-corrected chi connectivity index (χ0v) is 12.3. The predicted octanol–water partition coefficient (Wildman–Crippen LogP) is 0.161. The normalized spacial score (nSPS) is 20.0. The molecule has 1 aromatic rings. The minimum absolute atomic E-state index is 0.00634. The number of nitrogens with zero attached hydrogens (tertiary/aromatic N) is 2. The molecule has 2 heterocycles. The van der Waals surface area contributed by atoms with Crippen LogP contribution in [-0.4, -0.2) is 49.0 Å². The van der Waals surface area contributed by atoms with Crippen molar-refractivity contribution in [3.63, 3.8) is 0 Å². The van der Waals surface area contributed by atoms with E-state index in [1.807, 2.05) is 0 Å². The third-order valence-corrected chi connectivity index (χ3v) is 5.82. The number of sulfone groups is 1.